The van der Waals surface area contributed by atoms with Crippen LogP contribution in [0.3, 0.4) is 0 Å². The van der Waals surface area contributed by atoms with Gasteiger partial charge in [-0.25, -0.2) is 0 Å². The van der Waals surface area contributed by atoms with Gasteiger partial charge < -0.3 is 9.84 Å². The lowest BCUT2D eigenvalue weighted by atomic mass is 10.1. The Hall–Kier alpha value is -1.16. The molecule has 4 heteroatoms. The predicted octanol–water partition coefficient (Wildman–Crippen LogP) is 5.13. The molecule has 0 bridgehead atoms. The van der Waals surface area contributed by atoms with Gasteiger partial charge in [0.1, 0.15) is 6.61 Å². The second-order valence-corrected chi connectivity index (χ2v) is 6.69. The van der Waals surface area contributed by atoms with Crippen LogP contribution in [-0.2, 0) is 14.3 Å². The first-order chi connectivity index (χ1) is 12.2. The minimum absolute atomic E-state index is 0.305. The minimum Gasteiger partial charge on any atom is -0.458 e. The van der Waals surface area contributed by atoms with Crippen molar-refractivity contribution in [2.45, 2.75) is 96.8 Å². The van der Waals surface area contributed by atoms with E-state index in [4.69, 9.17) is 9.84 Å². The fourth-order valence-electron chi connectivity index (χ4n) is 2.62. The van der Waals surface area contributed by atoms with E-state index >= 15 is 0 Å². The number of rotatable bonds is 18. The summed E-state index contributed by atoms with van der Waals surface area (Å²) in [6.45, 7) is 1.38. The lowest BCUT2D eigenvalue weighted by Crippen LogP contribution is -2.16. The van der Waals surface area contributed by atoms with Gasteiger partial charge in [-0.1, -0.05) is 70.4 Å². The molecular formula is C21H38O4. The molecule has 0 aromatic heterocycles. The highest BCUT2D eigenvalue weighted by atomic mass is 16.5. The van der Waals surface area contributed by atoms with Crippen LogP contribution in [0.25, 0.3) is 0 Å². The van der Waals surface area contributed by atoms with Crippen molar-refractivity contribution in [3.63, 3.8) is 0 Å². The molecule has 1 N–H and O–H groups in total. The molecule has 146 valence electrons. The molecular weight excluding hydrogens is 316 g/mol. The summed E-state index contributed by atoms with van der Waals surface area (Å²) in [6, 6.07) is 0. The monoisotopic (exact) mass is 354 g/mol. The number of aliphatic hydroxyl groups excluding tert-OH is 1. The molecule has 0 amide bonds. The Morgan fingerprint density at radius 2 is 1.32 bits per heavy atom. The van der Waals surface area contributed by atoms with Crippen LogP contribution >= 0.6 is 0 Å². The van der Waals surface area contributed by atoms with Crippen LogP contribution in [0.15, 0.2) is 12.2 Å². The molecule has 0 aromatic carbocycles. The van der Waals surface area contributed by atoms with Crippen molar-refractivity contribution in [3.8, 4) is 0 Å². The van der Waals surface area contributed by atoms with Crippen molar-refractivity contribution >= 4 is 11.8 Å². The van der Waals surface area contributed by atoms with Gasteiger partial charge in [0.2, 0.25) is 0 Å². The van der Waals surface area contributed by atoms with Crippen LogP contribution < -0.4 is 0 Å². The highest BCUT2D eigenvalue weighted by molar-refractivity contribution is 5.83. The summed E-state index contributed by atoms with van der Waals surface area (Å²) in [4.78, 5) is 22.1. The van der Waals surface area contributed by atoms with E-state index in [0.29, 0.717) is 6.42 Å². The molecule has 0 radical (unpaired) electrons. The Kier molecular flexibility index (Phi) is 18.3. The first-order valence-corrected chi connectivity index (χ1v) is 10.1. The lowest BCUT2D eigenvalue weighted by Gasteiger charge is -2.03. The molecule has 4 nitrogen and oxygen atoms in total. The van der Waals surface area contributed by atoms with Gasteiger partial charge in [-0.05, 0) is 32.1 Å². The highest BCUT2D eigenvalue weighted by Crippen LogP contribution is 2.10. The molecule has 0 heterocycles. The molecule has 0 aliphatic carbocycles. The molecule has 0 rings (SSSR count). The topological polar surface area (TPSA) is 63.6 Å². The smallest absolute Gasteiger partial charge is 0.306 e. The molecule has 0 aromatic rings. The summed E-state index contributed by atoms with van der Waals surface area (Å²) in [6.07, 6.45) is 20.9. The molecule has 0 fully saturated rings. The van der Waals surface area contributed by atoms with Gasteiger partial charge in [0.25, 0.3) is 0 Å². The Morgan fingerprint density at radius 1 is 0.800 bits per heavy atom. The van der Waals surface area contributed by atoms with Crippen LogP contribution in [-0.4, -0.2) is 30.1 Å². The van der Waals surface area contributed by atoms with Crippen LogP contribution in [0.5, 0.6) is 0 Å². The Morgan fingerprint density at radius 3 is 1.88 bits per heavy atom. The van der Waals surface area contributed by atoms with Crippen molar-refractivity contribution in [1.29, 1.82) is 0 Å². The fraction of sp³-hybridized carbons (Fsp3) is 0.810. The van der Waals surface area contributed by atoms with E-state index in [9.17, 15) is 9.59 Å². The summed E-state index contributed by atoms with van der Waals surface area (Å²) >= 11 is 0. The zero-order valence-corrected chi connectivity index (χ0v) is 16.1. The second kappa shape index (κ2) is 19.2. The van der Waals surface area contributed by atoms with Gasteiger partial charge in [-0.2, -0.15) is 0 Å². The third kappa shape index (κ3) is 19.0. The average Bonchev–Trinajstić information content (AvgIpc) is 2.62. The number of hydrogen-bond donors (Lipinski definition) is 1. The van der Waals surface area contributed by atoms with Crippen molar-refractivity contribution in [3.05, 3.63) is 12.2 Å². The largest absolute Gasteiger partial charge is 0.458 e. The summed E-state index contributed by atoms with van der Waals surface area (Å²) in [5, 5.41) is 8.52. The van der Waals surface area contributed by atoms with E-state index in [0.717, 1.165) is 25.7 Å². The molecule has 0 unspecified atom stereocenters. The maximum absolute atomic E-state index is 11.3. The lowest BCUT2D eigenvalue weighted by molar-refractivity contribution is -0.148. The van der Waals surface area contributed by atoms with Crippen molar-refractivity contribution in [1.82, 2.24) is 0 Å². The molecule has 0 aliphatic rings. The maximum atomic E-state index is 11.3. The van der Waals surface area contributed by atoms with E-state index in [1.54, 1.807) is 0 Å². The molecule has 0 aliphatic heterocycles. The van der Waals surface area contributed by atoms with E-state index in [-0.39, 0.29) is 12.6 Å². The Bertz CT molecular complexity index is 350. The number of allylic oxidation sites excluding steroid dienone is 2. The van der Waals surface area contributed by atoms with E-state index < -0.39 is 12.4 Å². The van der Waals surface area contributed by atoms with E-state index in [1.165, 1.54) is 57.8 Å². The standard InChI is InChI=1S/C21H38O4/c1-2-3-4-5-6-7-8-9-10-11-12-13-14-15-16-17-21(24)25-19-20(23)18-22/h9-10,22H,2-8,11-19H2,1H3/b10-9-. The summed E-state index contributed by atoms with van der Waals surface area (Å²) in [7, 11) is 0. The minimum atomic E-state index is -0.569. The summed E-state index contributed by atoms with van der Waals surface area (Å²) < 4.78 is 4.76. The molecule has 0 atom stereocenters. The zero-order valence-electron chi connectivity index (χ0n) is 16.1. The van der Waals surface area contributed by atoms with Crippen LogP contribution in [0.2, 0.25) is 0 Å². The van der Waals surface area contributed by atoms with Crippen LogP contribution in [0, 0.1) is 0 Å². The highest BCUT2D eigenvalue weighted by Gasteiger charge is 2.06. The van der Waals surface area contributed by atoms with E-state index in [2.05, 4.69) is 19.1 Å². The number of esters is 1. The Balaban J connectivity index is 3.24. The molecule has 0 spiro atoms. The van der Waals surface area contributed by atoms with Gasteiger partial charge in [-0.3, -0.25) is 9.59 Å². The fourth-order valence-corrected chi connectivity index (χ4v) is 2.62. The van der Waals surface area contributed by atoms with Crippen LogP contribution in [0.4, 0.5) is 0 Å². The van der Waals surface area contributed by atoms with Crippen molar-refractivity contribution in [2.24, 2.45) is 0 Å². The number of unbranched alkanes of at least 4 members (excludes halogenated alkanes) is 11. The summed E-state index contributed by atoms with van der Waals surface area (Å²) in [5.74, 6) is -0.808. The van der Waals surface area contributed by atoms with Gasteiger partial charge in [0.15, 0.2) is 12.4 Å². The number of ketones is 1. The van der Waals surface area contributed by atoms with Crippen LogP contribution in [0.1, 0.15) is 96.8 Å². The predicted molar refractivity (Wildman–Crippen MR) is 103 cm³/mol. The van der Waals surface area contributed by atoms with E-state index in [1.807, 2.05) is 0 Å². The number of hydrogen-bond acceptors (Lipinski definition) is 4. The van der Waals surface area contributed by atoms with Gasteiger partial charge in [0.05, 0.1) is 0 Å². The maximum Gasteiger partial charge on any atom is 0.306 e. The first-order valence-electron chi connectivity index (χ1n) is 10.1. The number of aliphatic hydroxyl groups is 1. The number of Topliss-reactive ketones (excluding diaryl/α,β-unsaturated/α-hetero) is 1. The molecule has 0 saturated carbocycles. The SMILES string of the molecule is CCCCCCCC/C=C\CCCCCCCC(=O)OCC(=O)CO. The van der Waals surface area contributed by atoms with Gasteiger partial charge in [-0.15, -0.1) is 0 Å². The van der Waals surface area contributed by atoms with Crippen molar-refractivity contribution in [2.75, 3.05) is 13.2 Å². The Labute approximate surface area is 154 Å². The zero-order chi connectivity index (χ0) is 18.6. The van der Waals surface area contributed by atoms with Gasteiger partial charge >= 0.3 is 5.97 Å². The third-order valence-electron chi connectivity index (χ3n) is 4.21. The average molecular weight is 355 g/mol. The molecule has 0 saturated heterocycles. The molecule has 25 heavy (non-hydrogen) atoms. The quantitative estimate of drug-likeness (QED) is 0.211. The van der Waals surface area contributed by atoms with Gasteiger partial charge in [0, 0.05) is 6.42 Å². The first kappa shape index (κ1) is 23.8. The third-order valence-corrected chi connectivity index (χ3v) is 4.21. The number of ether oxygens (including phenoxy) is 1. The summed E-state index contributed by atoms with van der Waals surface area (Å²) in [5.41, 5.74) is 0. The van der Waals surface area contributed by atoms with Crippen molar-refractivity contribution < 1.29 is 19.4 Å². The number of carbonyl (C=O) groups is 2. The number of carbonyl (C=O) groups excluding carboxylic acids is 2. The second-order valence-electron chi connectivity index (χ2n) is 6.69. The normalized spacial score (nSPS) is 11.1.